The summed E-state index contributed by atoms with van der Waals surface area (Å²) in [6.07, 6.45) is 3.57. The number of nitrogens with zero attached hydrogens (tertiary/aromatic N) is 4. The molecule has 1 aliphatic rings. The van der Waals surface area contributed by atoms with E-state index in [4.69, 9.17) is 4.52 Å². The van der Waals surface area contributed by atoms with E-state index in [1.165, 1.54) is 0 Å². The van der Waals surface area contributed by atoms with Gasteiger partial charge in [-0.25, -0.2) is 4.98 Å². The fraction of sp³-hybridized carbons (Fsp3) is 0.400. The van der Waals surface area contributed by atoms with Gasteiger partial charge in [-0.2, -0.15) is 0 Å². The minimum atomic E-state index is -0.0640. The van der Waals surface area contributed by atoms with E-state index in [1.807, 2.05) is 36.2 Å². The lowest BCUT2D eigenvalue weighted by atomic mass is 10.0. The lowest BCUT2D eigenvalue weighted by Crippen LogP contribution is -2.48. The summed E-state index contributed by atoms with van der Waals surface area (Å²) in [5.74, 6) is 0.162. The van der Waals surface area contributed by atoms with E-state index in [0.717, 1.165) is 17.8 Å². The summed E-state index contributed by atoms with van der Waals surface area (Å²) >= 11 is 0. The number of rotatable bonds is 3. The van der Waals surface area contributed by atoms with Crippen LogP contribution in [0, 0.1) is 6.92 Å². The van der Waals surface area contributed by atoms with Crippen LogP contribution in [0.5, 0.6) is 0 Å². The van der Waals surface area contributed by atoms with Crippen molar-refractivity contribution in [1.82, 2.24) is 25.3 Å². The molecule has 0 radical (unpaired) electrons. The van der Waals surface area contributed by atoms with Gasteiger partial charge in [0.2, 0.25) is 0 Å². The molecular weight excluding hydrogens is 342 g/mol. The number of carbonyl (C=O) groups is 1. The molecule has 4 rings (SSSR count). The first-order valence-electron chi connectivity index (χ1n) is 9.24. The lowest BCUT2D eigenvalue weighted by Gasteiger charge is -2.36. The third kappa shape index (κ3) is 3.19. The summed E-state index contributed by atoms with van der Waals surface area (Å²) in [7, 11) is 0. The van der Waals surface area contributed by atoms with Crippen LogP contribution >= 0.6 is 0 Å². The third-order valence-corrected chi connectivity index (χ3v) is 5.03. The standard InChI is InChI=1S/C20H23N5O2/c1-12(2)16-9-15(18-13(3)24-27-19(18)23-16)20(26)25-8-7-22-11-17(25)14-5-4-6-21-10-14/h4-6,9-10,12,17,22H,7-8,11H2,1-3H3. The predicted octanol–water partition coefficient (Wildman–Crippen LogP) is 2.84. The van der Waals surface area contributed by atoms with Gasteiger partial charge in [0.1, 0.15) is 0 Å². The minimum absolute atomic E-state index is 0.0223. The Morgan fingerprint density at radius 3 is 3.00 bits per heavy atom. The van der Waals surface area contributed by atoms with Crippen molar-refractivity contribution in [3.05, 3.63) is 53.1 Å². The molecule has 1 unspecified atom stereocenters. The maximum atomic E-state index is 13.6. The van der Waals surface area contributed by atoms with Gasteiger partial charge < -0.3 is 14.7 Å². The lowest BCUT2D eigenvalue weighted by molar-refractivity contribution is 0.0635. The molecule has 0 aromatic carbocycles. The second-order valence-corrected chi connectivity index (χ2v) is 7.20. The van der Waals surface area contributed by atoms with Crippen LogP contribution in [0.2, 0.25) is 0 Å². The Morgan fingerprint density at radius 1 is 1.41 bits per heavy atom. The highest BCUT2D eigenvalue weighted by atomic mass is 16.5. The van der Waals surface area contributed by atoms with E-state index in [2.05, 4.69) is 34.3 Å². The number of piperazine rings is 1. The van der Waals surface area contributed by atoms with Crippen molar-refractivity contribution >= 4 is 17.0 Å². The number of amides is 1. The highest BCUT2D eigenvalue weighted by molar-refractivity contribution is 6.06. The highest BCUT2D eigenvalue weighted by Gasteiger charge is 2.31. The molecule has 1 atom stereocenters. The van der Waals surface area contributed by atoms with Crippen LogP contribution < -0.4 is 5.32 Å². The number of aromatic nitrogens is 3. The normalized spacial score (nSPS) is 17.6. The van der Waals surface area contributed by atoms with Gasteiger partial charge in [-0.1, -0.05) is 25.1 Å². The Balaban J connectivity index is 1.80. The van der Waals surface area contributed by atoms with Gasteiger partial charge in [0.15, 0.2) is 0 Å². The molecule has 1 N–H and O–H groups in total. The van der Waals surface area contributed by atoms with Crippen LogP contribution in [0.3, 0.4) is 0 Å². The monoisotopic (exact) mass is 365 g/mol. The van der Waals surface area contributed by atoms with E-state index in [0.29, 0.717) is 35.4 Å². The Hall–Kier alpha value is -2.80. The molecule has 0 spiro atoms. The predicted molar refractivity (Wildman–Crippen MR) is 102 cm³/mol. The number of nitrogens with one attached hydrogen (secondary N) is 1. The summed E-state index contributed by atoms with van der Waals surface area (Å²) in [6, 6.07) is 5.74. The summed E-state index contributed by atoms with van der Waals surface area (Å²) < 4.78 is 5.37. The van der Waals surface area contributed by atoms with E-state index >= 15 is 0 Å². The van der Waals surface area contributed by atoms with Crippen molar-refractivity contribution < 1.29 is 9.32 Å². The maximum Gasteiger partial charge on any atom is 0.259 e. The van der Waals surface area contributed by atoms with Gasteiger partial charge in [0.05, 0.1) is 22.7 Å². The van der Waals surface area contributed by atoms with Crippen LogP contribution in [0.15, 0.2) is 35.1 Å². The van der Waals surface area contributed by atoms with E-state index in [1.54, 1.807) is 6.20 Å². The largest absolute Gasteiger partial charge is 0.336 e. The smallest absolute Gasteiger partial charge is 0.259 e. The molecule has 4 heterocycles. The molecule has 1 saturated heterocycles. The van der Waals surface area contributed by atoms with Gasteiger partial charge in [-0.3, -0.25) is 9.78 Å². The van der Waals surface area contributed by atoms with Crippen molar-refractivity contribution in [2.24, 2.45) is 0 Å². The van der Waals surface area contributed by atoms with E-state index in [-0.39, 0.29) is 17.9 Å². The summed E-state index contributed by atoms with van der Waals surface area (Å²) in [6.45, 7) is 8.03. The van der Waals surface area contributed by atoms with Crippen LogP contribution in [-0.4, -0.2) is 45.6 Å². The number of carbonyl (C=O) groups excluding carboxylic acids is 1. The van der Waals surface area contributed by atoms with Crippen LogP contribution in [0.1, 0.15) is 53.1 Å². The van der Waals surface area contributed by atoms with Gasteiger partial charge in [-0.15, -0.1) is 0 Å². The molecule has 27 heavy (non-hydrogen) atoms. The Bertz CT molecular complexity index is 967. The molecule has 3 aromatic heterocycles. The molecule has 0 saturated carbocycles. The first kappa shape index (κ1) is 17.6. The van der Waals surface area contributed by atoms with Gasteiger partial charge in [0.25, 0.3) is 11.6 Å². The van der Waals surface area contributed by atoms with Crippen molar-refractivity contribution in [3.8, 4) is 0 Å². The second kappa shape index (κ2) is 7.08. The summed E-state index contributed by atoms with van der Waals surface area (Å²) in [5.41, 5.74) is 3.57. The van der Waals surface area contributed by atoms with Gasteiger partial charge >= 0.3 is 0 Å². The van der Waals surface area contributed by atoms with Crippen molar-refractivity contribution in [2.75, 3.05) is 19.6 Å². The number of hydrogen-bond acceptors (Lipinski definition) is 6. The number of pyridine rings is 2. The van der Waals surface area contributed by atoms with E-state index in [9.17, 15) is 4.79 Å². The number of aryl methyl sites for hydroxylation is 1. The molecule has 140 valence electrons. The average molecular weight is 365 g/mol. The average Bonchev–Trinajstić information content (AvgIpc) is 3.08. The van der Waals surface area contributed by atoms with Crippen LogP contribution in [0.4, 0.5) is 0 Å². The first-order valence-corrected chi connectivity index (χ1v) is 9.24. The maximum absolute atomic E-state index is 13.6. The molecule has 7 nitrogen and oxygen atoms in total. The molecular formula is C20H23N5O2. The van der Waals surface area contributed by atoms with Crippen LogP contribution in [-0.2, 0) is 0 Å². The minimum Gasteiger partial charge on any atom is -0.336 e. The molecule has 1 fully saturated rings. The number of fused-ring (bicyclic) bond motifs is 1. The molecule has 1 aliphatic heterocycles. The van der Waals surface area contributed by atoms with Crippen LogP contribution in [0.25, 0.3) is 11.1 Å². The summed E-state index contributed by atoms with van der Waals surface area (Å²) in [5, 5.41) is 8.11. The zero-order chi connectivity index (χ0) is 19.0. The quantitative estimate of drug-likeness (QED) is 0.768. The van der Waals surface area contributed by atoms with Crippen molar-refractivity contribution in [2.45, 2.75) is 32.7 Å². The Morgan fingerprint density at radius 2 is 2.26 bits per heavy atom. The van der Waals surface area contributed by atoms with E-state index < -0.39 is 0 Å². The SMILES string of the molecule is Cc1noc2nc(C(C)C)cc(C(=O)N3CCNCC3c3cccnc3)c12. The number of hydrogen-bond donors (Lipinski definition) is 1. The molecule has 1 amide bonds. The summed E-state index contributed by atoms with van der Waals surface area (Å²) in [4.78, 5) is 24.3. The van der Waals surface area contributed by atoms with Crippen molar-refractivity contribution in [1.29, 1.82) is 0 Å². The highest BCUT2D eigenvalue weighted by Crippen LogP contribution is 2.29. The zero-order valence-electron chi connectivity index (χ0n) is 15.8. The van der Waals surface area contributed by atoms with Gasteiger partial charge in [-0.05, 0) is 30.5 Å². The molecule has 7 heteroatoms. The fourth-order valence-corrected chi connectivity index (χ4v) is 3.55. The fourth-order valence-electron chi connectivity index (χ4n) is 3.55. The molecule has 0 aliphatic carbocycles. The first-order chi connectivity index (χ1) is 13.1. The van der Waals surface area contributed by atoms with Crippen molar-refractivity contribution in [3.63, 3.8) is 0 Å². The van der Waals surface area contributed by atoms with Gasteiger partial charge in [0, 0.05) is 37.7 Å². The third-order valence-electron chi connectivity index (χ3n) is 5.03. The zero-order valence-corrected chi connectivity index (χ0v) is 15.8. The molecule has 3 aromatic rings. The topological polar surface area (TPSA) is 84.2 Å². The molecule has 0 bridgehead atoms. The second-order valence-electron chi connectivity index (χ2n) is 7.20. The Kier molecular flexibility index (Phi) is 4.61. The Labute approximate surface area is 157 Å².